The molecular weight excluding hydrogens is 309 g/mol. The van der Waals surface area contributed by atoms with Crippen molar-refractivity contribution in [2.24, 2.45) is 4.99 Å². The van der Waals surface area contributed by atoms with Gasteiger partial charge in [0.25, 0.3) is 0 Å². The number of hydrogen-bond acceptors (Lipinski definition) is 4. The first-order valence-electron chi connectivity index (χ1n) is 6.00. The van der Waals surface area contributed by atoms with Gasteiger partial charge in [0.1, 0.15) is 5.01 Å². The minimum absolute atomic E-state index is 0.134. The molecule has 0 fully saturated rings. The maximum atomic E-state index is 12.4. The Kier molecular flexibility index (Phi) is 7.14. The van der Waals surface area contributed by atoms with Crippen molar-refractivity contribution in [1.29, 1.82) is 0 Å². The number of rotatable bonds is 6. The van der Waals surface area contributed by atoms with Crippen molar-refractivity contribution in [3.05, 3.63) is 16.1 Å². The molecule has 1 aromatic rings. The van der Waals surface area contributed by atoms with Gasteiger partial charge in [0.2, 0.25) is 0 Å². The molecule has 1 aromatic heterocycles. The van der Waals surface area contributed by atoms with Gasteiger partial charge < -0.3 is 10.6 Å². The van der Waals surface area contributed by atoms with E-state index in [1.54, 1.807) is 11.8 Å². The number of nitrogens with one attached hydrogen (secondary N) is 2. The van der Waals surface area contributed by atoms with E-state index in [1.165, 1.54) is 0 Å². The van der Waals surface area contributed by atoms with Crippen LogP contribution in [0.3, 0.4) is 0 Å². The summed E-state index contributed by atoms with van der Waals surface area (Å²) in [5.41, 5.74) is -0.854. The van der Waals surface area contributed by atoms with E-state index in [4.69, 9.17) is 0 Å². The van der Waals surface area contributed by atoms with E-state index in [1.807, 2.05) is 13.2 Å². The zero-order chi connectivity index (χ0) is 15.0. The van der Waals surface area contributed by atoms with Gasteiger partial charge in [0.15, 0.2) is 11.7 Å². The molecule has 0 saturated carbocycles. The highest BCUT2D eigenvalue weighted by Crippen LogP contribution is 2.30. The van der Waals surface area contributed by atoms with Crippen molar-refractivity contribution in [2.75, 3.05) is 25.1 Å². The van der Waals surface area contributed by atoms with Crippen molar-refractivity contribution in [3.63, 3.8) is 0 Å². The molecule has 0 aliphatic rings. The van der Waals surface area contributed by atoms with Crippen LogP contribution < -0.4 is 10.6 Å². The molecule has 0 unspecified atom stereocenters. The van der Waals surface area contributed by atoms with Gasteiger partial charge in [0, 0.05) is 24.2 Å². The third-order valence-corrected chi connectivity index (χ3v) is 3.60. The molecule has 4 nitrogen and oxygen atoms in total. The molecule has 0 radical (unpaired) electrons. The Morgan fingerprint density at radius 1 is 1.45 bits per heavy atom. The average molecular weight is 326 g/mol. The number of halogens is 3. The monoisotopic (exact) mass is 326 g/mol. The fourth-order valence-electron chi connectivity index (χ4n) is 1.27. The van der Waals surface area contributed by atoms with Gasteiger partial charge in [-0.15, -0.1) is 11.3 Å². The summed E-state index contributed by atoms with van der Waals surface area (Å²) in [6.45, 7) is 3.50. The van der Waals surface area contributed by atoms with Gasteiger partial charge >= 0.3 is 6.18 Å². The molecule has 2 N–H and O–H groups in total. The molecule has 0 saturated heterocycles. The molecule has 114 valence electrons. The topological polar surface area (TPSA) is 49.3 Å². The summed E-state index contributed by atoms with van der Waals surface area (Å²) in [6.07, 6.45) is -2.39. The number of thioether (sulfide) groups is 1. The SMILES string of the molecule is CCNC(=NCc1nc(C(F)(F)F)cs1)NCCSC. The second kappa shape index (κ2) is 8.35. The highest BCUT2D eigenvalue weighted by molar-refractivity contribution is 7.98. The van der Waals surface area contributed by atoms with Crippen LogP contribution >= 0.6 is 23.1 Å². The van der Waals surface area contributed by atoms with Crippen LogP contribution in [0, 0.1) is 0 Å². The minimum atomic E-state index is -4.39. The first kappa shape index (κ1) is 17.1. The first-order chi connectivity index (χ1) is 9.47. The molecular formula is C11H17F3N4S2. The Hall–Kier alpha value is -0.960. The van der Waals surface area contributed by atoms with Gasteiger partial charge in [-0.3, -0.25) is 0 Å². The predicted octanol–water partition coefficient (Wildman–Crippen LogP) is 2.58. The minimum Gasteiger partial charge on any atom is -0.357 e. The largest absolute Gasteiger partial charge is 0.434 e. The lowest BCUT2D eigenvalue weighted by atomic mass is 10.5. The molecule has 0 atom stereocenters. The number of aliphatic imine (C=N–C) groups is 1. The normalized spacial score (nSPS) is 12.6. The van der Waals surface area contributed by atoms with Crippen molar-refractivity contribution >= 4 is 29.1 Å². The van der Waals surface area contributed by atoms with Crippen LogP contribution in [0.2, 0.25) is 0 Å². The van der Waals surface area contributed by atoms with Crippen LogP contribution in [0.4, 0.5) is 13.2 Å². The Morgan fingerprint density at radius 2 is 2.20 bits per heavy atom. The average Bonchev–Trinajstić information content (AvgIpc) is 2.85. The van der Waals surface area contributed by atoms with E-state index < -0.39 is 11.9 Å². The van der Waals surface area contributed by atoms with Crippen LogP contribution in [0.1, 0.15) is 17.6 Å². The predicted molar refractivity (Wildman–Crippen MR) is 78.3 cm³/mol. The number of alkyl halides is 3. The fourth-order valence-corrected chi connectivity index (χ4v) is 2.30. The highest BCUT2D eigenvalue weighted by atomic mass is 32.2. The van der Waals surface area contributed by atoms with Crippen LogP contribution in [0.25, 0.3) is 0 Å². The quantitative estimate of drug-likeness (QED) is 0.479. The summed E-state index contributed by atoms with van der Waals surface area (Å²) in [7, 11) is 0. The van der Waals surface area contributed by atoms with Crippen molar-refractivity contribution in [2.45, 2.75) is 19.6 Å². The molecule has 9 heteroatoms. The Bertz CT molecular complexity index is 432. The van der Waals surface area contributed by atoms with Crippen LogP contribution in [0.5, 0.6) is 0 Å². The first-order valence-corrected chi connectivity index (χ1v) is 8.27. The molecule has 0 aromatic carbocycles. The van der Waals surface area contributed by atoms with E-state index in [0.717, 1.165) is 29.0 Å². The van der Waals surface area contributed by atoms with Gasteiger partial charge in [-0.25, -0.2) is 9.98 Å². The van der Waals surface area contributed by atoms with E-state index in [0.29, 0.717) is 17.5 Å². The van der Waals surface area contributed by atoms with Gasteiger partial charge in [-0.2, -0.15) is 24.9 Å². The molecule has 0 aliphatic carbocycles. The highest BCUT2D eigenvalue weighted by Gasteiger charge is 2.33. The molecule has 0 amide bonds. The van der Waals surface area contributed by atoms with Crippen molar-refractivity contribution in [1.82, 2.24) is 15.6 Å². The lowest BCUT2D eigenvalue weighted by Crippen LogP contribution is -2.38. The summed E-state index contributed by atoms with van der Waals surface area (Å²) in [6, 6.07) is 0. The Morgan fingerprint density at radius 3 is 2.75 bits per heavy atom. The van der Waals surface area contributed by atoms with Crippen LogP contribution in [0.15, 0.2) is 10.4 Å². The Labute approximate surface area is 124 Å². The number of hydrogen-bond donors (Lipinski definition) is 2. The van der Waals surface area contributed by atoms with Gasteiger partial charge in [0.05, 0.1) is 6.54 Å². The summed E-state index contributed by atoms with van der Waals surface area (Å²) < 4.78 is 37.2. The van der Waals surface area contributed by atoms with E-state index in [2.05, 4.69) is 20.6 Å². The van der Waals surface area contributed by atoms with E-state index >= 15 is 0 Å². The number of nitrogens with zero attached hydrogens (tertiary/aromatic N) is 2. The third-order valence-electron chi connectivity index (χ3n) is 2.16. The zero-order valence-corrected chi connectivity index (χ0v) is 12.9. The number of thiazole rings is 1. The molecule has 0 aliphatic heterocycles. The summed E-state index contributed by atoms with van der Waals surface area (Å²) >= 11 is 2.67. The van der Waals surface area contributed by atoms with Crippen LogP contribution in [-0.2, 0) is 12.7 Å². The standard InChI is InChI=1S/C11H17F3N4S2/c1-3-15-10(16-4-5-19-2)17-6-9-18-8(7-20-9)11(12,13)14/h7H,3-6H2,1-2H3,(H2,15,16,17). The molecule has 1 rings (SSSR count). The second-order valence-electron chi connectivity index (χ2n) is 3.74. The maximum Gasteiger partial charge on any atom is 0.434 e. The second-order valence-corrected chi connectivity index (χ2v) is 5.67. The lowest BCUT2D eigenvalue weighted by molar-refractivity contribution is -0.140. The zero-order valence-electron chi connectivity index (χ0n) is 11.3. The molecule has 20 heavy (non-hydrogen) atoms. The number of guanidine groups is 1. The smallest absolute Gasteiger partial charge is 0.357 e. The van der Waals surface area contributed by atoms with E-state index in [-0.39, 0.29) is 6.54 Å². The molecule has 1 heterocycles. The molecule has 0 bridgehead atoms. The summed E-state index contributed by atoms with van der Waals surface area (Å²) in [5, 5.41) is 7.49. The lowest BCUT2D eigenvalue weighted by Gasteiger charge is -2.09. The van der Waals surface area contributed by atoms with Crippen LogP contribution in [-0.4, -0.2) is 36.0 Å². The van der Waals surface area contributed by atoms with Gasteiger partial charge in [-0.1, -0.05) is 0 Å². The summed E-state index contributed by atoms with van der Waals surface area (Å²) in [4.78, 5) is 7.75. The molecule has 0 spiro atoms. The summed E-state index contributed by atoms with van der Waals surface area (Å²) in [5.74, 6) is 1.52. The Balaban J connectivity index is 2.59. The van der Waals surface area contributed by atoms with Crippen molar-refractivity contribution < 1.29 is 13.2 Å². The van der Waals surface area contributed by atoms with Crippen molar-refractivity contribution in [3.8, 4) is 0 Å². The number of aromatic nitrogens is 1. The van der Waals surface area contributed by atoms with Gasteiger partial charge in [-0.05, 0) is 13.2 Å². The van der Waals surface area contributed by atoms with E-state index in [9.17, 15) is 13.2 Å². The fraction of sp³-hybridized carbons (Fsp3) is 0.636. The third kappa shape index (κ3) is 6.00. The maximum absolute atomic E-state index is 12.4.